The lowest BCUT2D eigenvalue weighted by atomic mass is 10.3. The summed E-state index contributed by atoms with van der Waals surface area (Å²) < 4.78 is 3.57. The third-order valence-electron chi connectivity index (χ3n) is 3.19. The van der Waals surface area contributed by atoms with E-state index in [0.29, 0.717) is 12.2 Å². The Bertz CT molecular complexity index is 760. The van der Waals surface area contributed by atoms with Crippen molar-refractivity contribution in [3.63, 3.8) is 0 Å². The first-order valence-corrected chi connectivity index (χ1v) is 6.80. The third kappa shape index (κ3) is 2.91. The van der Waals surface area contributed by atoms with Gasteiger partial charge in [-0.3, -0.25) is 13.9 Å². The molecule has 3 heterocycles. The Balaban J connectivity index is 1.51. The van der Waals surface area contributed by atoms with Crippen LogP contribution in [0, 0.1) is 0 Å². The molecule has 3 aromatic heterocycles. The van der Waals surface area contributed by atoms with Gasteiger partial charge in [-0.25, -0.2) is 0 Å². The summed E-state index contributed by atoms with van der Waals surface area (Å²) in [6.45, 7) is 0.581. The van der Waals surface area contributed by atoms with E-state index < -0.39 is 0 Å². The second kappa shape index (κ2) is 5.74. The number of hydrogen-bond donors (Lipinski definition) is 1. The van der Waals surface area contributed by atoms with Gasteiger partial charge in [0.2, 0.25) is 0 Å². The summed E-state index contributed by atoms with van der Waals surface area (Å²) in [5, 5.41) is 15.2. The molecule has 7 nitrogen and oxygen atoms in total. The van der Waals surface area contributed by atoms with Gasteiger partial charge < -0.3 is 5.32 Å². The third-order valence-corrected chi connectivity index (χ3v) is 3.19. The number of hydrogen-bond acceptors (Lipinski definition) is 4. The largest absolute Gasteiger partial charge is 0.351 e. The van der Waals surface area contributed by atoms with Crippen LogP contribution in [0.2, 0.25) is 0 Å². The Morgan fingerprint density at radius 2 is 2.14 bits per heavy atom. The zero-order valence-electron chi connectivity index (χ0n) is 11.7. The minimum Gasteiger partial charge on any atom is -0.351 e. The summed E-state index contributed by atoms with van der Waals surface area (Å²) in [5.74, 6) is 0.749. The smallest absolute Gasteiger partial charge is 0.271 e. The molecule has 1 N–H and O–H groups in total. The van der Waals surface area contributed by atoms with Gasteiger partial charge in [-0.05, 0) is 24.6 Å². The molecule has 7 heteroatoms. The zero-order chi connectivity index (χ0) is 14.7. The molecule has 0 aromatic carbocycles. The molecule has 3 rings (SSSR count). The van der Waals surface area contributed by atoms with Crippen molar-refractivity contribution in [1.29, 1.82) is 0 Å². The topological polar surface area (TPSA) is 77.1 Å². The normalized spacial score (nSPS) is 10.9. The highest BCUT2D eigenvalue weighted by atomic mass is 16.1. The van der Waals surface area contributed by atoms with E-state index >= 15 is 0 Å². The van der Waals surface area contributed by atoms with E-state index in [0.717, 1.165) is 24.3 Å². The molecule has 0 spiro atoms. The van der Waals surface area contributed by atoms with Crippen molar-refractivity contribution in [3.05, 3.63) is 48.2 Å². The molecule has 0 unspecified atom stereocenters. The molecule has 0 aliphatic heterocycles. The van der Waals surface area contributed by atoms with Gasteiger partial charge >= 0.3 is 0 Å². The Morgan fingerprint density at radius 3 is 2.95 bits per heavy atom. The Kier molecular flexibility index (Phi) is 3.63. The van der Waals surface area contributed by atoms with Crippen molar-refractivity contribution in [3.8, 4) is 0 Å². The summed E-state index contributed by atoms with van der Waals surface area (Å²) in [4.78, 5) is 11.8. The number of nitrogens with zero attached hydrogens (tertiary/aromatic N) is 5. The summed E-state index contributed by atoms with van der Waals surface area (Å²) in [6, 6.07) is 7.49. The highest BCUT2D eigenvalue weighted by Crippen LogP contribution is 2.04. The van der Waals surface area contributed by atoms with E-state index in [2.05, 4.69) is 20.6 Å². The van der Waals surface area contributed by atoms with Gasteiger partial charge in [-0.1, -0.05) is 6.07 Å². The molecular formula is C14H16N6O. The summed E-state index contributed by atoms with van der Waals surface area (Å²) >= 11 is 0. The number of carbonyl (C=O) groups excluding carboxylic acids is 1. The van der Waals surface area contributed by atoms with E-state index in [4.69, 9.17) is 0 Å². The Hall–Kier alpha value is -2.70. The molecule has 0 saturated carbocycles. The second-order valence-electron chi connectivity index (χ2n) is 4.78. The van der Waals surface area contributed by atoms with Crippen LogP contribution in [0.3, 0.4) is 0 Å². The maximum absolute atomic E-state index is 11.8. The Morgan fingerprint density at radius 1 is 1.24 bits per heavy atom. The van der Waals surface area contributed by atoms with Crippen molar-refractivity contribution in [2.24, 2.45) is 7.05 Å². The van der Waals surface area contributed by atoms with E-state index in [1.165, 1.54) is 0 Å². The molecule has 0 aliphatic carbocycles. The van der Waals surface area contributed by atoms with E-state index in [-0.39, 0.29) is 5.91 Å². The average molecular weight is 284 g/mol. The molecule has 108 valence electrons. The first-order chi connectivity index (χ1) is 10.2. The predicted molar refractivity (Wildman–Crippen MR) is 76.8 cm³/mol. The molecule has 21 heavy (non-hydrogen) atoms. The van der Waals surface area contributed by atoms with Gasteiger partial charge in [0.25, 0.3) is 5.91 Å². The monoisotopic (exact) mass is 284 g/mol. The SMILES string of the molecule is Cn1ccc(C(=O)NCCCc2nnc3ccccn23)n1. The molecule has 1 amide bonds. The average Bonchev–Trinajstić information content (AvgIpc) is 3.10. The number of carbonyl (C=O) groups is 1. The number of pyridine rings is 1. The molecule has 0 saturated heterocycles. The number of nitrogens with one attached hydrogen (secondary N) is 1. The van der Waals surface area contributed by atoms with Crippen LogP contribution in [0.4, 0.5) is 0 Å². The van der Waals surface area contributed by atoms with Gasteiger partial charge in [0, 0.05) is 32.4 Å². The minimum atomic E-state index is -0.151. The van der Waals surface area contributed by atoms with Crippen LogP contribution in [-0.2, 0) is 13.5 Å². The number of aryl methyl sites for hydroxylation is 2. The highest BCUT2D eigenvalue weighted by molar-refractivity contribution is 5.92. The van der Waals surface area contributed by atoms with Crippen molar-refractivity contribution in [2.75, 3.05) is 6.54 Å². The van der Waals surface area contributed by atoms with Gasteiger partial charge in [0.15, 0.2) is 5.65 Å². The van der Waals surface area contributed by atoms with Gasteiger partial charge in [-0.15, -0.1) is 10.2 Å². The van der Waals surface area contributed by atoms with E-state index in [1.807, 2.05) is 28.8 Å². The van der Waals surface area contributed by atoms with Crippen LogP contribution in [0.5, 0.6) is 0 Å². The fourth-order valence-electron chi connectivity index (χ4n) is 2.14. The van der Waals surface area contributed by atoms with Crippen LogP contribution in [0.1, 0.15) is 22.7 Å². The standard InChI is InChI=1S/C14H16N6O/c1-19-10-7-11(18-19)14(21)15-8-4-6-13-17-16-12-5-2-3-9-20(12)13/h2-3,5,7,9-10H,4,6,8H2,1H3,(H,15,21). The van der Waals surface area contributed by atoms with Gasteiger partial charge in [0.1, 0.15) is 11.5 Å². The van der Waals surface area contributed by atoms with E-state index in [9.17, 15) is 4.79 Å². The lowest BCUT2D eigenvalue weighted by Crippen LogP contribution is -2.25. The van der Waals surface area contributed by atoms with Gasteiger partial charge in [-0.2, -0.15) is 5.10 Å². The fourth-order valence-corrected chi connectivity index (χ4v) is 2.14. The molecule has 0 radical (unpaired) electrons. The number of fused-ring (bicyclic) bond motifs is 1. The lowest BCUT2D eigenvalue weighted by Gasteiger charge is -2.02. The molecule has 0 fully saturated rings. The predicted octanol–water partition coefficient (Wildman–Crippen LogP) is 0.825. The van der Waals surface area contributed by atoms with Crippen LogP contribution in [-0.4, -0.2) is 36.8 Å². The van der Waals surface area contributed by atoms with Crippen LogP contribution >= 0.6 is 0 Å². The van der Waals surface area contributed by atoms with Crippen molar-refractivity contribution in [1.82, 2.24) is 29.7 Å². The first-order valence-electron chi connectivity index (χ1n) is 6.80. The molecule has 0 bridgehead atoms. The first kappa shape index (κ1) is 13.3. The number of amides is 1. The molecular weight excluding hydrogens is 268 g/mol. The highest BCUT2D eigenvalue weighted by Gasteiger charge is 2.08. The molecule has 0 aliphatic rings. The fraction of sp³-hybridized carbons (Fsp3) is 0.286. The lowest BCUT2D eigenvalue weighted by molar-refractivity contribution is 0.0947. The minimum absolute atomic E-state index is 0.151. The molecule has 3 aromatic rings. The van der Waals surface area contributed by atoms with Crippen LogP contribution < -0.4 is 5.32 Å². The Labute approximate surface area is 121 Å². The second-order valence-corrected chi connectivity index (χ2v) is 4.78. The van der Waals surface area contributed by atoms with Crippen molar-refractivity contribution >= 4 is 11.6 Å². The van der Waals surface area contributed by atoms with Crippen LogP contribution in [0.15, 0.2) is 36.7 Å². The maximum Gasteiger partial charge on any atom is 0.271 e. The summed E-state index contributed by atoms with van der Waals surface area (Å²) in [7, 11) is 1.78. The van der Waals surface area contributed by atoms with Gasteiger partial charge in [0.05, 0.1) is 0 Å². The summed E-state index contributed by atoms with van der Waals surface area (Å²) in [6.07, 6.45) is 5.25. The zero-order valence-corrected chi connectivity index (χ0v) is 11.7. The van der Waals surface area contributed by atoms with Crippen LogP contribution in [0.25, 0.3) is 5.65 Å². The molecule has 0 atom stereocenters. The quantitative estimate of drug-likeness (QED) is 0.704. The van der Waals surface area contributed by atoms with E-state index in [1.54, 1.807) is 24.0 Å². The summed E-state index contributed by atoms with van der Waals surface area (Å²) in [5.41, 5.74) is 1.27. The number of aromatic nitrogens is 5. The number of rotatable bonds is 5. The maximum atomic E-state index is 11.8. The van der Waals surface area contributed by atoms with Crippen molar-refractivity contribution < 1.29 is 4.79 Å². The van der Waals surface area contributed by atoms with Crippen molar-refractivity contribution in [2.45, 2.75) is 12.8 Å².